The number of aromatic hydroxyl groups is 1. The van der Waals surface area contributed by atoms with E-state index in [1.807, 2.05) is 0 Å². The van der Waals surface area contributed by atoms with Crippen LogP contribution in [0.15, 0.2) is 48.5 Å². The highest BCUT2D eigenvalue weighted by atomic mass is 35.5. The Kier molecular flexibility index (Phi) is 7.46. The van der Waals surface area contributed by atoms with Gasteiger partial charge in [0.25, 0.3) is 0 Å². The Bertz CT molecular complexity index is 969. The highest BCUT2D eigenvalue weighted by Gasteiger charge is 2.42. The Morgan fingerprint density at radius 1 is 1.13 bits per heavy atom. The molecule has 0 radical (unpaired) electrons. The van der Waals surface area contributed by atoms with Crippen molar-refractivity contribution in [2.45, 2.75) is 36.6 Å². The van der Waals surface area contributed by atoms with Crippen molar-refractivity contribution in [3.05, 3.63) is 64.7 Å². The van der Waals surface area contributed by atoms with Crippen LogP contribution in [0.25, 0.3) is 0 Å². The molecule has 7 nitrogen and oxygen atoms in total. The summed E-state index contributed by atoms with van der Waals surface area (Å²) in [5.74, 6) is -2.08. The number of carbonyl (C=O) groups excluding carboxylic acids is 2. The number of amides is 2. The summed E-state index contributed by atoms with van der Waals surface area (Å²) in [5, 5.41) is 22.2. The molecule has 2 aromatic carbocycles. The first kappa shape index (κ1) is 23.0. The minimum atomic E-state index is -1.12. The number of halogens is 1. The molecular weight excluding hydrogens is 440 g/mol. The Morgan fingerprint density at radius 2 is 1.81 bits per heavy atom. The molecule has 164 valence electrons. The molecule has 1 aliphatic rings. The average Bonchev–Trinajstić information content (AvgIpc) is 3.19. The van der Waals surface area contributed by atoms with Crippen LogP contribution in [0, 0.1) is 0 Å². The number of para-hydroxylation sites is 1. The molecule has 3 N–H and O–H groups in total. The number of thiol groups is 1. The molecule has 1 saturated heterocycles. The van der Waals surface area contributed by atoms with E-state index >= 15 is 0 Å². The summed E-state index contributed by atoms with van der Waals surface area (Å²) in [6, 6.07) is 12.0. The third-order valence-electron chi connectivity index (χ3n) is 5.31. The molecule has 0 aliphatic carbocycles. The predicted octanol–water partition coefficient (Wildman–Crippen LogP) is 2.82. The minimum absolute atomic E-state index is 0.00115. The van der Waals surface area contributed by atoms with Crippen molar-refractivity contribution < 1.29 is 24.6 Å². The second-order valence-corrected chi connectivity index (χ2v) is 8.43. The summed E-state index contributed by atoms with van der Waals surface area (Å²) >= 11 is 10.2. The number of hydrogen-bond acceptors (Lipinski definition) is 5. The maximum absolute atomic E-state index is 12.9. The molecule has 0 aromatic heterocycles. The first-order chi connectivity index (χ1) is 14.8. The number of aliphatic carboxylic acids is 1. The van der Waals surface area contributed by atoms with Gasteiger partial charge in [-0.2, -0.15) is 12.6 Å². The maximum atomic E-state index is 12.9. The lowest BCUT2D eigenvalue weighted by Crippen LogP contribution is -2.47. The predicted molar refractivity (Wildman–Crippen MR) is 119 cm³/mol. The number of likely N-dealkylation sites (tertiary alicyclic amines) is 1. The summed E-state index contributed by atoms with van der Waals surface area (Å²) in [4.78, 5) is 38.2. The highest BCUT2D eigenvalue weighted by molar-refractivity contribution is 7.81. The van der Waals surface area contributed by atoms with E-state index in [-0.39, 0.29) is 18.7 Å². The van der Waals surface area contributed by atoms with Gasteiger partial charge in [0.05, 0.1) is 17.8 Å². The van der Waals surface area contributed by atoms with Gasteiger partial charge in [0.2, 0.25) is 11.8 Å². The fourth-order valence-electron chi connectivity index (χ4n) is 3.78. The van der Waals surface area contributed by atoms with Gasteiger partial charge in [0.1, 0.15) is 11.8 Å². The van der Waals surface area contributed by atoms with Crippen LogP contribution in [0.1, 0.15) is 30.0 Å². The number of phenols is 1. The number of nitrogens with one attached hydrogen (secondary N) is 1. The van der Waals surface area contributed by atoms with Crippen molar-refractivity contribution in [2.24, 2.45) is 0 Å². The van der Waals surface area contributed by atoms with E-state index in [4.69, 9.17) is 11.6 Å². The number of carboxylic acid groups (broad SMARTS) is 1. The maximum Gasteiger partial charge on any atom is 0.326 e. The number of benzene rings is 2. The van der Waals surface area contributed by atoms with Crippen LogP contribution in [0.5, 0.6) is 5.75 Å². The molecule has 0 saturated carbocycles. The van der Waals surface area contributed by atoms with E-state index in [9.17, 15) is 24.6 Å². The van der Waals surface area contributed by atoms with Crippen LogP contribution in [-0.4, -0.2) is 50.7 Å². The Balaban J connectivity index is 1.66. The topological polar surface area (TPSA) is 107 Å². The molecule has 1 fully saturated rings. The number of nitrogens with zero attached hydrogens (tertiary/aromatic N) is 1. The highest BCUT2D eigenvalue weighted by Crippen LogP contribution is 2.39. The molecule has 1 aliphatic heterocycles. The standard InChI is InChI=1S/C22H23ClN2O5S/c23-14-7-5-13(6-8-14)11-19(31)21(28)24-12-20(27)25-16(9-10-17(25)22(29)30)15-3-1-2-4-18(15)26/h1-8,16-17,19,26,31H,9-12H2,(H,24,28)(H,29,30). The third-order valence-corrected chi connectivity index (χ3v) is 5.98. The lowest BCUT2D eigenvalue weighted by Gasteiger charge is -2.29. The zero-order valence-corrected chi connectivity index (χ0v) is 18.2. The van der Waals surface area contributed by atoms with Gasteiger partial charge in [-0.05, 0) is 43.0 Å². The van der Waals surface area contributed by atoms with Crippen molar-refractivity contribution in [1.29, 1.82) is 0 Å². The zero-order chi connectivity index (χ0) is 22.5. The van der Waals surface area contributed by atoms with Crippen molar-refractivity contribution in [3.63, 3.8) is 0 Å². The molecule has 0 bridgehead atoms. The van der Waals surface area contributed by atoms with Crippen molar-refractivity contribution >= 4 is 42.0 Å². The largest absolute Gasteiger partial charge is 0.508 e. The molecule has 0 spiro atoms. The normalized spacial score (nSPS) is 19.1. The van der Waals surface area contributed by atoms with E-state index in [2.05, 4.69) is 17.9 Å². The quantitative estimate of drug-likeness (QED) is 0.473. The summed E-state index contributed by atoms with van der Waals surface area (Å²) in [7, 11) is 0. The number of hydrogen-bond donors (Lipinski definition) is 4. The van der Waals surface area contributed by atoms with Gasteiger partial charge >= 0.3 is 5.97 Å². The van der Waals surface area contributed by atoms with Gasteiger partial charge in [-0.1, -0.05) is 41.9 Å². The number of rotatable bonds is 7. The van der Waals surface area contributed by atoms with Crippen LogP contribution in [0.4, 0.5) is 0 Å². The van der Waals surface area contributed by atoms with E-state index in [1.165, 1.54) is 11.0 Å². The van der Waals surface area contributed by atoms with Gasteiger partial charge in [0.15, 0.2) is 0 Å². The van der Waals surface area contributed by atoms with Crippen LogP contribution < -0.4 is 5.32 Å². The number of phenolic OH excluding ortho intramolecular Hbond substituents is 1. The molecule has 3 atom stereocenters. The van der Waals surface area contributed by atoms with E-state index in [0.717, 1.165) is 5.56 Å². The molecule has 9 heteroatoms. The molecule has 3 rings (SSSR count). The van der Waals surface area contributed by atoms with Crippen molar-refractivity contribution in [1.82, 2.24) is 10.2 Å². The number of carboxylic acids is 1. The molecular formula is C22H23ClN2O5S. The van der Waals surface area contributed by atoms with Crippen molar-refractivity contribution in [2.75, 3.05) is 6.54 Å². The minimum Gasteiger partial charge on any atom is -0.508 e. The van der Waals surface area contributed by atoms with Crippen LogP contribution >= 0.6 is 24.2 Å². The third kappa shape index (κ3) is 5.51. The lowest BCUT2D eigenvalue weighted by molar-refractivity contribution is -0.149. The fraction of sp³-hybridized carbons (Fsp3) is 0.318. The second kappa shape index (κ2) is 10.1. The second-order valence-electron chi connectivity index (χ2n) is 7.37. The average molecular weight is 463 g/mol. The Labute approximate surface area is 190 Å². The Hall–Kier alpha value is -2.71. The van der Waals surface area contributed by atoms with Gasteiger partial charge in [-0.15, -0.1) is 0 Å². The lowest BCUT2D eigenvalue weighted by atomic mass is 10.0. The zero-order valence-electron chi connectivity index (χ0n) is 16.6. The number of carbonyl (C=O) groups is 3. The monoisotopic (exact) mass is 462 g/mol. The summed E-state index contributed by atoms with van der Waals surface area (Å²) in [5.41, 5.74) is 1.36. The summed E-state index contributed by atoms with van der Waals surface area (Å²) in [6.07, 6.45) is 1.02. The van der Waals surface area contributed by atoms with Gasteiger partial charge in [-0.3, -0.25) is 9.59 Å². The molecule has 3 unspecified atom stereocenters. The van der Waals surface area contributed by atoms with Gasteiger partial charge in [0, 0.05) is 10.6 Å². The molecule has 2 amide bonds. The summed E-state index contributed by atoms with van der Waals surface area (Å²) in [6.45, 7) is -0.357. The van der Waals surface area contributed by atoms with Crippen LogP contribution in [-0.2, 0) is 20.8 Å². The smallest absolute Gasteiger partial charge is 0.326 e. The van der Waals surface area contributed by atoms with Crippen molar-refractivity contribution in [3.8, 4) is 5.75 Å². The molecule has 1 heterocycles. The van der Waals surface area contributed by atoms with E-state index in [0.29, 0.717) is 23.4 Å². The van der Waals surface area contributed by atoms with Gasteiger partial charge in [-0.25, -0.2) is 4.79 Å². The van der Waals surface area contributed by atoms with E-state index in [1.54, 1.807) is 42.5 Å². The van der Waals surface area contributed by atoms with Crippen LogP contribution in [0.3, 0.4) is 0 Å². The van der Waals surface area contributed by atoms with Gasteiger partial charge < -0.3 is 20.4 Å². The van der Waals surface area contributed by atoms with Crippen LogP contribution in [0.2, 0.25) is 5.02 Å². The fourth-order valence-corrected chi connectivity index (χ4v) is 4.21. The first-order valence-corrected chi connectivity index (χ1v) is 10.7. The first-order valence-electron chi connectivity index (χ1n) is 9.80. The SMILES string of the molecule is O=C(NCC(=O)N1C(C(=O)O)CCC1c1ccccc1O)C(S)Cc1ccc(Cl)cc1. The molecule has 31 heavy (non-hydrogen) atoms. The summed E-state index contributed by atoms with van der Waals surface area (Å²) < 4.78 is 0. The molecule has 2 aromatic rings. The Morgan fingerprint density at radius 3 is 2.45 bits per heavy atom. The van der Waals surface area contributed by atoms with E-state index < -0.39 is 35.1 Å².